The van der Waals surface area contributed by atoms with Crippen molar-refractivity contribution in [2.75, 3.05) is 39.6 Å². The summed E-state index contributed by atoms with van der Waals surface area (Å²) in [6, 6.07) is 0. The summed E-state index contributed by atoms with van der Waals surface area (Å²) in [5.41, 5.74) is 0. The normalized spacial score (nSPS) is 14.1. The minimum atomic E-state index is -4.95. The fourth-order valence-electron chi connectivity index (χ4n) is 10.6. The lowest BCUT2D eigenvalue weighted by Crippen LogP contribution is -2.30. The van der Waals surface area contributed by atoms with E-state index < -0.39 is 97.5 Å². The Morgan fingerprint density at radius 3 is 0.764 bits per heavy atom. The number of carbonyl (C=O) groups is 4. The number of unbranched alkanes of at least 4 members (excludes halogenated alkanes) is 39. The SMILES string of the molecule is CCCCCCCCCCCCC(=O)O[C@H](COC(=O)CCCCCCCCC)COP(=O)(O)OC[C@H](O)COP(=O)(O)OC[C@@H](COC(=O)CCCCCCCCCCC(C)C)OC(=O)CCCCCCCCCCCCCCCCCCCCC(C)C. The fraction of sp³-hybridized carbons (Fsp3) is 0.943. The molecule has 0 saturated heterocycles. The van der Waals surface area contributed by atoms with Crippen LogP contribution in [0.1, 0.15) is 356 Å². The second-order valence-electron chi connectivity index (χ2n) is 26.2. The first-order chi connectivity index (χ1) is 42.9. The Morgan fingerprint density at radius 1 is 0.303 bits per heavy atom. The molecule has 0 spiro atoms. The summed E-state index contributed by atoms with van der Waals surface area (Å²) in [5.74, 6) is -0.584. The maximum absolute atomic E-state index is 13.0. The van der Waals surface area contributed by atoms with Gasteiger partial charge in [0, 0.05) is 25.7 Å². The number of carbonyl (C=O) groups excluding carboxylic acids is 4. The highest BCUT2D eigenvalue weighted by molar-refractivity contribution is 7.47. The van der Waals surface area contributed by atoms with Crippen LogP contribution in [0.5, 0.6) is 0 Å². The molecule has 0 amide bonds. The van der Waals surface area contributed by atoms with Crippen LogP contribution in [0, 0.1) is 11.8 Å². The number of aliphatic hydroxyl groups is 1. The molecular formula is C70H136O17P2. The summed E-state index contributed by atoms with van der Waals surface area (Å²) in [4.78, 5) is 72.3. The van der Waals surface area contributed by atoms with Gasteiger partial charge in [-0.3, -0.25) is 37.3 Å². The lowest BCUT2D eigenvalue weighted by Gasteiger charge is -2.21. The molecule has 19 heteroatoms. The molecule has 0 aromatic rings. The lowest BCUT2D eigenvalue weighted by molar-refractivity contribution is -0.161. The first kappa shape index (κ1) is 87.1. The highest BCUT2D eigenvalue weighted by Gasteiger charge is 2.30. The van der Waals surface area contributed by atoms with Crippen molar-refractivity contribution >= 4 is 39.5 Å². The van der Waals surface area contributed by atoms with E-state index in [1.54, 1.807) is 0 Å². The van der Waals surface area contributed by atoms with Gasteiger partial charge in [-0.2, -0.15) is 0 Å². The van der Waals surface area contributed by atoms with Crippen molar-refractivity contribution in [1.29, 1.82) is 0 Å². The van der Waals surface area contributed by atoms with Gasteiger partial charge in [0.1, 0.15) is 19.3 Å². The Morgan fingerprint density at radius 2 is 0.517 bits per heavy atom. The summed E-state index contributed by atoms with van der Waals surface area (Å²) in [6.45, 7) is 9.49. The van der Waals surface area contributed by atoms with Gasteiger partial charge in [0.05, 0.1) is 26.4 Å². The second-order valence-corrected chi connectivity index (χ2v) is 29.1. The molecule has 2 unspecified atom stereocenters. The zero-order chi connectivity index (χ0) is 65.7. The van der Waals surface area contributed by atoms with Crippen molar-refractivity contribution < 1.29 is 80.2 Å². The van der Waals surface area contributed by atoms with Gasteiger partial charge in [-0.05, 0) is 37.5 Å². The predicted molar refractivity (Wildman–Crippen MR) is 358 cm³/mol. The number of hydrogen-bond donors (Lipinski definition) is 3. The van der Waals surface area contributed by atoms with Crippen molar-refractivity contribution in [2.24, 2.45) is 11.8 Å². The Labute approximate surface area is 543 Å². The molecule has 528 valence electrons. The molecule has 0 rings (SSSR count). The molecule has 3 N–H and O–H groups in total. The van der Waals surface area contributed by atoms with E-state index in [0.29, 0.717) is 25.7 Å². The van der Waals surface area contributed by atoms with Gasteiger partial charge in [0.2, 0.25) is 0 Å². The van der Waals surface area contributed by atoms with Gasteiger partial charge in [-0.15, -0.1) is 0 Å². The van der Waals surface area contributed by atoms with Crippen LogP contribution in [0.15, 0.2) is 0 Å². The van der Waals surface area contributed by atoms with Crippen molar-refractivity contribution in [3.63, 3.8) is 0 Å². The van der Waals surface area contributed by atoms with Gasteiger partial charge in [0.15, 0.2) is 12.2 Å². The number of ether oxygens (including phenoxy) is 4. The molecule has 5 atom stereocenters. The molecule has 0 radical (unpaired) electrons. The first-order valence-electron chi connectivity index (χ1n) is 36.5. The zero-order valence-electron chi connectivity index (χ0n) is 57.7. The van der Waals surface area contributed by atoms with E-state index in [-0.39, 0.29) is 25.7 Å². The van der Waals surface area contributed by atoms with Gasteiger partial charge in [-0.1, -0.05) is 305 Å². The summed E-state index contributed by atoms with van der Waals surface area (Å²) in [7, 11) is -9.89. The molecule has 17 nitrogen and oxygen atoms in total. The number of esters is 4. The maximum Gasteiger partial charge on any atom is 0.472 e. The van der Waals surface area contributed by atoms with E-state index in [2.05, 4.69) is 41.5 Å². The third-order valence-corrected chi connectivity index (χ3v) is 18.1. The van der Waals surface area contributed by atoms with Crippen LogP contribution in [-0.2, 0) is 65.4 Å². The van der Waals surface area contributed by atoms with Crippen LogP contribution >= 0.6 is 15.6 Å². The van der Waals surface area contributed by atoms with E-state index in [9.17, 15) is 43.2 Å². The average molecular weight is 1310 g/mol. The number of hydrogen-bond acceptors (Lipinski definition) is 15. The highest BCUT2D eigenvalue weighted by Crippen LogP contribution is 2.45. The molecule has 0 aliphatic heterocycles. The zero-order valence-corrected chi connectivity index (χ0v) is 59.5. The lowest BCUT2D eigenvalue weighted by atomic mass is 10.0. The van der Waals surface area contributed by atoms with E-state index in [4.69, 9.17) is 37.0 Å². The van der Waals surface area contributed by atoms with E-state index >= 15 is 0 Å². The average Bonchev–Trinajstić information content (AvgIpc) is 3.59. The number of rotatable bonds is 69. The van der Waals surface area contributed by atoms with Crippen molar-refractivity contribution in [3.05, 3.63) is 0 Å². The third-order valence-electron chi connectivity index (χ3n) is 16.2. The molecule has 0 aromatic heterocycles. The molecular weight excluding hydrogens is 1170 g/mol. The van der Waals surface area contributed by atoms with Crippen LogP contribution in [0.2, 0.25) is 0 Å². The van der Waals surface area contributed by atoms with E-state index in [0.717, 1.165) is 115 Å². The molecule has 0 aromatic carbocycles. The number of phosphoric acid groups is 2. The summed E-state index contributed by atoms with van der Waals surface area (Å²) < 4.78 is 68.1. The standard InChI is InChI=1S/C70H136O17P2/c1-7-9-11-13-15-16-28-36-42-48-54-69(74)86-65(58-80-67(72)52-46-40-32-14-12-10-8-2)60-84-88(76,77)82-56-64(71)57-83-89(78,79)85-61-66(59-81-68(73)53-47-41-35-31-30-34-39-45-51-63(5)6)87-70(75)55-49-43-37-29-26-24-22-20-18-17-19-21-23-25-27-33-38-44-50-62(3)4/h62-66,71H,7-61H2,1-6H3,(H,76,77)(H,78,79)/t64-,65+,66+/m0/s1. The van der Waals surface area contributed by atoms with Crippen LogP contribution in [0.4, 0.5) is 0 Å². The highest BCUT2D eigenvalue weighted by atomic mass is 31.2. The van der Waals surface area contributed by atoms with Crippen LogP contribution in [0.25, 0.3) is 0 Å². The number of aliphatic hydroxyl groups excluding tert-OH is 1. The monoisotopic (exact) mass is 1310 g/mol. The molecule has 0 bridgehead atoms. The molecule has 0 fully saturated rings. The molecule has 0 aliphatic carbocycles. The smallest absolute Gasteiger partial charge is 0.462 e. The Hall–Kier alpha value is -1.94. The first-order valence-corrected chi connectivity index (χ1v) is 39.5. The van der Waals surface area contributed by atoms with Gasteiger partial charge in [0.25, 0.3) is 0 Å². The summed E-state index contributed by atoms with van der Waals surface area (Å²) in [6.07, 6.45) is 47.5. The molecule has 89 heavy (non-hydrogen) atoms. The van der Waals surface area contributed by atoms with E-state index in [1.807, 2.05) is 0 Å². The Balaban J connectivity index is 5.13. The second kappa shape index (κ2) is 62.2. The fourth-order valence-corrected chi connectivity index (χ4v) is 12.2. The van der Waals surface area contributed by atoms with Crippen LogP contribution in [0.3, 0.4) is 0 Å². The van der Waals surface area contributed by atoms with E-state index in [1.165, 1.54) is 161 Å². The van der Waals surface area contributed by atoms with Gasteiger partial charge in [-0.25, -0.2) is 9.13 Å². The van der Waals surface area contributed by atoms with Crippen molar-refractivity contribution in [1.82, 2.24) is 0 Å². The predicted octanol–water partition coefficient (Wildman–Crippen LogP) is 20.0. The van der Waals surface area contributed by atoms with Gasteiger partial charge >= 0.3 is 39.5 Å². The maximum atomic E-state index is 13.0. The Bertz CT molecular complexity index is 1730. The quantitative estimate of drug-likeness (QED) is 0.0222. The van der Waals surface area contributed by atoms with Gasteiger partial charge < -0.3 is 33.8 Å². The van der Waals surface area contributed by atoms with Crippen LogP contribution < -0.4 is 0 Å². The topological polar surface area (TPSA) is 237 Å². The summed E-state index contributed by atoms with van der Waals surface area (Å²) in [5, 5.41) is 10.6. The Kier molecular flexibility index (Phi) is 60.8. The molecule has 0 saturated carbocycles. The third kappa shape index (κ3) is 64.6. The van der Waals surface area contributed by atoms with Crippen LogP contribution in [-0.4, -0.2) is 96.7 Å². The minimum Gasteiger partial charge on any atom is -0.462 e. The number of phosphoric ester groups is 2. The molecule has 0 heterocycles. The van der Waals surface area contributed by atoms with Crippen molar-refractivity contribution in [2.45, 2.75) is 374 Å². The minimum absolute atomic E-state index is 0.106. The van der Waals surface area contributed by atoms with Crippen molar-refractivity contribution in [3.8, 4) is 0 Å². The molecule has 0 aliphatic rings. The largest absolute Gasteiger partial charge is 0.472 e. The summed E-state index contributed by atoms with van der Waals surface area (Å²) >= 11 is 0.